The first-order chi connectivity index (χ1) is 27.3. The Balaban J connectivity index is 0.988. The Morgan fingerprint density at radius 2 is 0.709 bits per heavy atom. The Morgan fingerprint density at radius 3 is 1.31 bits per heavy atom. The van der Waals surface area contributed by atoms with Crippen molar-refractivity contribution in [3.8, 4) is 78.4 Å². The zero-order valence-corrected chi connectivity index (χ0v) is 29.9. The predicted molar refractivity (Wildman–Crippen MR) is 223 cm³/mol. The Labute approximate surface area is 320 Å². The first-order valence-corrected chi connectivity index (χ1v) is 18.8. The molecule has 0 saturated heterocycles. The van der Waals surface area contributed by atoms with E-state index in [1.165, 1.54) is 55.6 Å². The van der Waals surface area contributed by atoms with Crippen molar-refractivity contribution < 1.29 is 0 Å². The van der Waals surface area contributed by atoms with Gasteiger partial charge in [0.25, 0.3) is 0 Å². The normalized spacial score (nSPS) is 12.9. The highest BCUT2D eigenvalue weighted by molar-refractivity contribution is 5.96. The molecule has 3 nitrogen and oxygen atoms in total. The number of pyridine rings is 1. The summed E-state index contributed by atoms with van der Waals surface area (Å²) in [5.74, 6) is 0.697. The minimum absolute atomic E-state index is 0.331. The standard InChI is InChI=1S/C52H33N3/c1-2-10-37(11-3-1)49-33-50(55-51(54-49)39-24-20-34(21-25-39)36-28-30-53-31-29-36)38-22-18-35(19-23-38)40-26-27-48-44(32-40)43-14-6-9-17-47(43)52(48)45-15-7-4-12-41(45)42-13-5-8-16-46(42)52/h1-33H. The van der Waals surface area contributed by atoms with Gasteiger partial charge in [0.1, 0.15) is 0 Å². The molecule has 7 aromatic carbocycles. The number of rotatable bonds is 5. The molecule has 0 unspecified atom stereocenters. The molecule has 9 aromatic rings. The highest BCUT2D eigenvalue weighted by Crippen LogP contribution is 2.62. The second-order valence-corrected chi connectivity index (χ2v) is 14.4. The first kappa shape index (κ1) is 31.3. The summed E-state index contributed by atoms with van der Waals surface area (Å²) < 4.78 is 0. The zero-order chi connectivity index (χ0) is 36.3. The first-order valence-electron chi connectivity index (χ1n) is 18.8. The molecule has 2 aliphatic carbocycles. The van der Waals surface area contributed by atoms with Gasteiger partial charge in [0.2, 0.25) is 0 Å². The lowest BCUT2D eigenvalue weighted by Gasteiger charge is -2.30. The summed E-state index contributed by atoms with van der Waals surface area (Å²) in [6, 6.07) is 67.7. The third kappa shape index (κ3) is 4.87. The Hall–Kier alpha value is -7.23. The summed E-state index contributed by atoms with van der Waals surface area (Å²) >= 11 is 0. The van der Waals surface area contributed by atoms with Gasteiger partial charge in [0.05, 0.1) is 16.8 Å². The minimum Gasteiger partial charge on any atom is -0.265 e. The molecule has 3 heteroatoms. The van der Waals surface area contributed by atoms with E-state index < -0.39 is 0 Å². The van der Waals surface area contributed by atoms with Gasteiger partial charge in [-0.25, -0.2) is 9.97 Å². The van der Waals surface area contributed by atoms with Crippen molar-refractivity contribution in [2.45, 2.75) is 5.41 Å². The molecule has 1 spiro atoms. The average Bonchev–Trinajstić information content (AvgIpc) is 3.74. The molecule has 2 aliphatic rings. The van der Waals surface area contributed by atoms with Crippen LogP contribution in [0, 0.1) is 0 Å². The number of benzene rings is 7. The predicted octanol–water partition coefficient (Wildman–Crippen LogP) is 12.6. The number of aromatic nitrogens is 3. The van der Waals surface area contributed by atoms with E-state index in [2.05, 4.69) is 175 Å². The molecule has 256 valence electrons. The molecule has 11 rings (SSSR count). The van der Waals surface area contributed by atoms with Gasteiger partial charge in [-0.05, 0) is 91.0 Å². The van der Waals surface area contributed by atoms with Gasteiger partial charge in [-0.15, -0.1) is 0 Å². The van der Waals surface area contributed by atoms with E-state index in [1.54, 1.807) is 0 Å². The highest BCUT2D eigenvalue weighted by atomic mass is 14.9. The molecule has 0 aliphatic heterocycles. The van der Waals surface area contributed by atoms with E-state index >= 15 is 0 Å². The van der Waals surface area contributed by atoms with Gasteiger partial charge in [-0.3, -0.25) is 4.98 Å². The zero-order valence-electron chi connectivity index (χ0n) is 29.9. The molecular weight excluding hydrogens is 667 g/mol. The van der Waals surface area contributed by atoms with Crippen LogP contribution in [0.4, 0.5) is 0 Å². The Kier molecular flexibility index (Phi) is 7.08. The van der Waals surface area contributed by atoms with Crippen LogP contribution in [0.3, 0.4) is 0 Å². The van der Waals surface area contributed by atoms with Crippen molar-refractivity contribution >= 4 is 0 Å². The lowest BCUT2D eigenvalue weighted by atomic mass is 9.70. The molecule has 2 aromatic heterocycles. The van der Waals surface area contributed by atoms with Gasteiger partial charge in [0.15, 0.2) is 5.82 Å². The van der Waals surface area contributed by atoms with Crippen LogP contribution in [0.15, 0.2) is 200 Å². The van der Waals surface area contributed by atoms with E-state index in [-0.39, 0.29) is 5.41 Å². The Morgan fingerprint density at radius 1 is 0.291 bits per heavy atom. The maximum atomic E-state index is 5.13. The second-order valence-electron chi connectivity index (χ2n) is 14.4. The topological polar surface area (TPSA) is 38.7 Å². The number of hydrogen-bond acceptors (Lipinski definition) is 3. The van der Waals surface area contributed by atoms with Gasteiger partial charge in [-0.1, -0.05) is 164 Å². The van der Waals surface area contributed by atoms with Gasteiger partial charge in [0, 0.05) is 29.1 Å². The fourth-order valence-corrected chi connectivity index (χ4v) is 8.95. The molecule has 0 bridgehead atoms. The summed E-state index contributed by atoms with van der Waals surface area (Å²) in [4.78, 5) is 14.4. The van der Waals surface area contributed by atoms with Crippen LogP contribution in [0.1, 0.15) is 22.3 Å². The van der Waals surface area contributed by atoms with E-state index in [9.17, 15) is 0 Å². The average molecular weight is 700 g/mol. The number of fused-ring (bicyclic) bond motifs is 10. The van der Waals surface area contributed by atoms with Crippen LogP contribution < -0.4 is 0 Å². The van der Waals surface area contributed by atoms with Crippen molar-refractivity contribution in [1.82, 2.24) is 15.0 Å². The molecule has 0 radical (unpaired) electrons. The van der Waals surface area contributed by atoms with Crippen molar-refractivity contribution in [3.63, 3.8) is 0 Å². The van der Waals surface area contributed by atoms with Gasteiger partial charge >= 0.3 is 0 Å². The van der Waals surface area contributed by atoms with E-state index in [0.29, 0.717) is 5.82 Å². The van der Waals surface area contributed by atoms with Gasteiger partial charge < -0.3 is 0 Å². The maximum absolute atomic E-state index is 5.13. The van der Waals surface area contributed by atoms with Crippen molar-refractivity contribution in [1.29, 1.82) is 0 Å². The summed E-state index contributed by atoms with van der Waals surface area (Å²) in [6.07, 6.45) is 3.64. The third-order valence-electron chi connectivity index (χ3n) is 11.5. The summed E-state index contributed by atoms with van der Waals surface area (Å²) in [7, 11) is 0. The SMILES string of the molecule is c1ccc(-c2cc(-c3ccc(-c4ccc5c(c4)-c4ccccc4C54c5ccccc5-c5ccccc54)cc3)nc(-c3ccc(-c4ccncc4)cc3)n2)cc1. The van der Waals surface area contributed by atoms with Crippen molar-refractivity contribution in [2.24, 2.45) is 0 Å². The number of nitrogens with zero attached hydrogens (tertiary/aromatic N) is 3. The molecular formula is C52H33N3. The molecule has 0 fully saturated rings. The van der Waals surface area contributed by atoms with Crippen LogP contribution in [-0.2, 0) is 5.41 Å². The summed E-state index contributed by atoms with van der Waals surface area (Å²) in [5.41, 5.74) is 19.8. The highest BCUT2D eigenvalue weighted by Gasteiger charge is 2.51. The smallest absolute Gasteiger partial charge is 0.160 e. The lowest BCUT2D eigenvalue weighted by molar-refractivity contribution is 0.794. The quantitative estimate of drug-likeness (QED) is 0.179. The molecule has 0 saturated carbocycles. The fourth-order valence-electron chi connectivity index (χ4n) is 8.95. The van der Waals surface area contributed by atoms with Crippen LogP contribution >= 0.6 is 0 Å². The second kappa shape index (κ2) is 12.4. The molecule has 2 heterocycles. The monoisotopic (exact) mass is 699 g/mol. The van der Waals surface area contributed by atoms with E-state index in [1.807, 2.05) is 30.6 Å². The van der Waals surface area contributed by atoms with Crippen LogP contribution in [0.2, 0.25) is 0 Å². The fraction of sp³-hybridized carbons (Fsp3) is 0.0192. The third-order valence-corrected chi connectivity index (χ3v) is 11.5. The maximum Gasteiger partial charge on any atom is 0.160 e. The van der Waals surface area contributed by atoms with E-state index in [4.69, 9.17) is 9.97 Å². The van der Waals surface area contributed by atoms with Crippen LogP contribution in [0.5, 0.6) is 0 Å². The lowest BCUT2D eigenvalue weighted by Crippen LogP contribution is -2.25. The molecule has 0 amide bonds. The summed E-state index contributed by atoms with van der Waals surface area (Å²) in [5, 5.41) is 0. The molecule has 55 heavy (non-hydrogen) atoms. The van der Waals surface area contributed by atoms with E-state index in [0.717, 1.165) is 39.2 Å². The Bertz CT molecular complexity index is 2850. The number of hydrogen-bond donors (Lipinski definition) is 0. The van der Waals surface area contributed by atoms with Crippen LogP contribution in [-0.4, -0.2) is 15.0 Å². The molecule has 0 N–H and O–H groups in total. The van der Waals surface area contributed by atoms with Crippen molar-refractivity contribution in [2.75, 3.05) is 0 Å². The van der Waals surface area contributed by atoms with Crippen LogP contribution in [0.25, 0.3) is 78.4 Å². The minimum atomic E-state index is -0.331. The van der Waals surface area contributed by atoms with Crippen molar-refractivity contribution in [3.05, 3.63) is 223 Å². The molecule has 0 atom stereocenters. The summed E-state index contributed by atoms with van der Waals surface area (Å²) in [6.45, 7) is 0. The van der Waals surface area contributed by atoms with Gasteiger partial charge in [-0.2, -0.15) is 0 Å². The largest absolute Gasteiger partial charge is 0.265 e.